The van der Waals surface area contributed by atoms with E-state index in [1.807, 2.05) is 31.4 Å². The second kappa shape index (κ2) is 6.39. The van der Waals surface area contributed by atoms with Crippen LogP contribution in [0, 0.1) is 5.82 Å². The molecule has 2 rings (SSSR count). The third-order valence-corrected chi connectivity index (χ3v) is 3.45. The maximum atomic E-state index is 14.1. The molecule has 0 bridgehead atoms. The Balaban J connectivity index is 2.19. The first-order valence-corrected chi connectivity index (χ1v) is 7.33. The summed E-state index contributed by atoms with van der Waals surface area (Å²) in [5.41, 5.74) is 1.74. The van der Waals surface area contributed by atoms with E-state index in [9.17, 15) is 4.39 Å². The summed E-state index contributed by atoms with van der Waals surface area (Å²) in [4.78, 5) is 0. The quantitative estimate of drug-likeness (QED) is 0.915. The Bertz CT molecular complexity index is 584. The van der Waals surface area contributed by atoms with Gasteiger partial charge in [-0.15, -0.1) is 0 Å². The standard InChI is InChI=1S/C17H24FN3/c1-17(2,3)19-12-13(11-14-9-10-21(4)20-14)15-7-5-6-8-16(15)18/h5-10,13,19H,11-12H2,1-4H3. The second-order valence-corrected chi connectivity index (χ2v) is 6.53. The first-order chi connectivity index (χ1) is 9.85. The molecule has 1 heterocycles. The summed E-state index contributed by atoms with van der Waals surface area (Å²) in [6, 6.07) is 9.00. The van der Waals surface area contributed by atoms with Gasteiger partial charge < -0.3 is 5.32 Å². The highest BCUT2D eigenvalue weighted by atomic mass is 19.1. The fourth-order valence-electron chi connectivity index (χ4n) is 2.35. The van der Waals surface area contributed by atoms with E-state index < -0.39 is 0 Å². The van der Waals surface area contributed by atoms with Crippen molar-refractivity contribution in [1.82, 2.24) is 15.1 Å². The van der Waals surface area contributed by atoms with Gasteiger partial charge in [-0.2, -0.15) is 5.10 Å². The Hall–Kier alpha value is -1.68. The molecule has 1 atom stereocenters. The lowest BCUT2D eigenvalue weighted by atomic mass is 9.92. The molecule has 0 amide bonds. The van der Waals surface area contributed by atoms with Crippen LogP contribution in [0.1, 0.15) is 37.9 Å². The number of nitrogens with one attached hydrogen (secondary N) is 1. The van der Waals surface area contributed by atoms with E-state index in [-0.39, 0.29) is 17.3 Å². The van der Waals surface area contributed by atoms with E-state index in [2.05, 4.69) is 31.2 Å². The van der Waals surface area contributed by atoms with Gasteiger partial charge in [0, 0.05) is 31.2 Å². The minimum atomic E-state index is -0.144. The van der Waals surface area contributed by atoms with Crippen LogP contribution < -0.4 is 5.32 Å². The largest absolute Gasteiger partial charge is 0.311 e. The van der Waals surface area contributed by atoms with Crippen molar-refractivity contribution in [1.29, 1.82) is 0 Å². The first kappa shape index (κ1) is 15.7. The molecule has 0 aliphatic carbocycles. The summed E-state index contributed by atoms with van der Waals surface area (Å²) >= 11 is 0. The second-order valence-electron chi connectivity index (χ2n) is 6.53. The topological polar surface area (TPSA) is 29.9 Å². The fraction of sp³-hybridized carbons (Fsp3) is 0.471. The Kier molecular flexibility index (Phi) is 4.78. The van der Waals surface area contributed by atoms with Crippen molar-refractivity contribution in [3.63, 3.8) is 0 Å². The van der Waals surface area contributed by atoms with Gasteiger partial charge in [0.1, 0.15) is 5.82 Å². The van der Waals surface area contributed by atoms with Crippen LogP contribution in [-0.2, 0) is 13.5 Å². The lowest BCUT2D eigenvalue weighted by molar-refractivity contribution is 0.399. The van der Waals surface area contributed by atoms with Gasteiger partial charge in [-0.1, -0.05) is 18.2 Å². The molecule has 3 nitrogen and oxygen atoms in total. The minimum absolute atomic E-state index is 0.00756. The third kappa shape index (κ3) is 4.67. The SMILES string of the molecule is Cn1ccc(CC(CNC(C)(C)C)c2ccccc2F)n1. The molecule has 0 radical (unpaired) electrons. The van der Waals surface area contributed by atoms with Crippen molar-refractivity contribution >= 4 is 0 Å². The molecular weight excluding hydrogens is 265 g/mol. The molecule has 1 N–H and O–H groups in total. The van der Waals surface area contributed by atoms with Crippen LogP contribution in [-0.4, -0.2) is 21.9 Å². The van der Waals surface area contributed by atoms with Crippen molar-refractivity contribution in [3.8, 4) is 0 Å². The molecule has 0 saturated carbocycles. The molecule has 21 heavy (non-hydrogen) atoms. The van der Waals surface area contributed by atoms with Gasteiger partial charge in [-0.05, 0) is 44.9 Å². The fourth-order valence-corrected chi connectivity index (χ4v) is 2.35. The summed E-state index contributed by atoms with van der Waals surface area (Å²) in [6.45, 7) is 7.07. The van der Waals surface area contributed by atoms with Crippen LogP contribution >= 0.6 is 0 Å². The molecule has 0 fully saturated rings. The Labute approximate surface area is 126 Å². The number of rotatable bonds is 5. The molecule has 2 aromatic rings. The average Bonchev–Trinajstić information content (AvgIpc) is 2.80. The molecule has 0 aliphatic heterocycles. The van der Waals surface area contributed by atoms with Crippen LogP contribution in [0.3, 0.4) is 0 Å². The highest BCUT2D eigenvalue weighted by Crippen LogP contribution is 2.23. The highest BCUT2D eigenvalue weighted by Gasteiger charge is 2.20. The van der Waals surface area contributed by atoms with Gasteiger partial charge in [-0.25, -0.2) is 4.39 Å². The Morgan fingerprint density at radius 3 is 2.52 bits per heavy atom. The van der Waals surface area contributed by atoms with Crippen LogP contribution in [0.5, 0.6) is 0 Å². The summed E-state index contributed by atoms with van der Waals surface area (Å²) in [7, 11) is 1.90. The first-order valence-electron chi connectivity index (χ1n) is 7.33. The highest BCUT2D eigenvalue weighted by molar-refractivity contribution is 5.24. The molecule has 0 aliphatic rings. The number of hydrogen-bond acceptors (Lipinski definition) is 2. The van der Waals surface area contributed by atoms with Crippen molar-refractivity contribution in [2.75, 3.05) is 6.54 Å². The Morgan fingerprint density at radius 2 is 1.95 bits per heavy atom. The zero-order chi connectivity index (χ0) is 15.5. The Morgan fingerprint density at radius 1 is 1.24 bits per heavy atom. The zero-order valence-corrected chi connectivity index (χ0v) is 13.2. The van der Waals surface area contributed by atoms with E-state index in [0.29, 0.717) is 0 Å². The monoisotopic (exact) mass is 289 g/mol. The zero-order valence-electron chi connectivity index (χ0n) is 13.2. The summed E-state index contributed by atoms with van der Waals surface area (Å²) in [6.07, 6.45) is 2.65. The number of halogens is 1. The molecule has 1 aromatic carbocycles. The van der Waals surface area contributed by atoms with E-state index in [4.69, 9.17) is 0 Å². The maximum absolute atomic E-state index is 14.1. The van der Waals surface area contributed by atoms with Gasteiger partial charge in [-0.3, -0.25) is 4.68 Å². The lowest BCUT2D eigenvalue weighted by Crippen LogP contribution is -2.39. The van der Waals surface area contributed by atoms with Crippen LogP contribution in [0.15, 0.2) is 36.5 Å². The number of hydrogen-bond donors (Lipinski definition) is 1. The van der Waals surface area contributed by atoms with E-state index in [1.165, 1.54) is 6.07 Å². The predicted octanol–water partition coefficient (Wildman–Crippen LogP) is 3.27. The van der Waals surface area contributed by atoms with Crippen molar-refractivity contribution in [2.45, 2.75) is 38.6 Å². The number of aryl methyl sites for hydroxylation is 1. The molecule has 1 unspecified atom stereocenters. The smallest absolute Gasteiger partial charge is 0.126 e. The van der Waals surface area contributed by atoms with Crippen molar-refractivity contribution in [2.24, 2.45) is 7.05 Å². The van der Waals surface area contributed by atoms with Crippen LogP contribution in [0.4, 0.5) is 4.39 Å². The summed E-state index contributed by atoms with van der Waals surface area (Å²) in [5.74, 6) is -0.0746. The van der Waals surface area contributed by atoms with E-state index in [0.717, 1.165) is 24.2 Å². The van der Waals surface area contributed by atoms with Gasteiger partial charge in [0.15, 0.2) is 0 Å². The van der Waals surface area contributed by atoms with Gasteiger partial charge >= 0.3 is 0 Å². The van der Waals surface area contributed by atoms with Gasteiger partial charge in [0.2, 0.25) is 0 Å². The molecule has 0 spiro atoms. The normalized spacial score (nSPS) is 13.4. The van der Waals surface area contributed by atoms with Gasteiger partial charge in [0.25, 0.3) is 0 Å². The molecule has 0 saturated heterocycles. The third-order valence-electron chi connectivity index (χ3n) is 3.45. The van der Waals surface area contributed by atoms with Crippen LogP contribution in [0.25, 0.3) is 0 Å². The molecule has 114 valence electrons. The molecule has 1 aromatic heterocycles. The van der Waals surface area contributed by atoms with Crippen LogP contribution in [0.2, 0.25) is 0 Å². The predicted molar refractivity (Wildman–Crippen MR) is 83.8 cm³/mol. The summed E-state index contributed by atoms with van der Waals surface area (Å²) in [5, 5.41) is 7.89. The lowest BCUT2D eigenvalue weighted by Gasteiger charge is -2.25. The average molecular weight is 289 g/mol. The van der Waals surface area contributed by atoms with Crippen molar-refractivity contribution < 1.29 is 4.39 Å². The maximum Gasteiger partial charge on any atom is 0.126 e. The van der Waals surface area contributed by atoms with E-state index in [1.54, 1.807) is 10.7 Å². The summed E-state index contributed by atoms with van der Waals surface area (Å²) < 4.78 is 15.9. The molecular formula is C17H24FN3. The number of nitrogens with zero attached hydrogens (tertiary/aromatic N) is 2. The van der Waals surface area contributed by atoms with Crippen molar-refractivity contribution in [3.05, 3.63) is 53.6 Å². The van der Waals surface area contributed by atoms with Gasteiger partial charge in [0.05, 0.1) is 5.69 Å². The molecule has 4 heteroatoms. The number of aromatic nitrogens is 2. The number of benzene rings is 1. The minimum Gasteiger partial charge on any atom is -0.311 e. The van der Waals surface area contributed by atoms with E-state index >= 15 is 0 Å².